The van der Waals surface area contributed by atoms with Gasteiger partial charge in [0.15, 0.2) is 0 Å². The lowest BCUT2D eigenvalue weighted by Gasteiger charge is -2.20. The Morgan fingerprint density at radius 1 is 1.50 bits per heavy atom. The molecule has 20 heavy (non-hydrogen) atoms. The van der Waals surface area contributed by atoms with Gasteiger partial charge in [0.05, 0.1) is 12.5 Å². The molecule has 1 aromatic heterocycles. The Morgan fingerprint density at radius 3 is 2.85 bits per heavy atom. The zero-order valence-corrected chi connectivity index (χ0v) is 12.5. The predicted molar refractivity (Wildman–Crippen MR) is 78.9 cm³/mol. The highest BCUT2D eigenvalue weighted by atomic mass is 16.1. The van der Waals surface area contributed by atoms with Crippen LogP contribution >= 0.6 is 0 Å². The normalized spacial score (nSPS) is 12.2. The Hall–Kier alpha value is -1.80. The van der Waals surface area contributed by atoms with Crippen molar-refractivity contribution in [2.75, 3.05) is 13.1 Å². The molecule has 1 heterocycles. The molecule has 0 radical (unpaired) electrons. The predicted octanol–water partition coefficient (Wildman–Crippen LogP) is 1.82. The largest absolute Gasteiger partial charge is 0.354 e. The molecule has 1 rings (SSSR count). The molecule has 0 aliphatic carbocycles. The quantitative estimate of drug-likeness (QED) is 0.712. The lowest BCUT2D eigenvalue weighted by atomic mass is 9.98. The molecule has 0 aliphatic heterocycles. The van der Waals surface area contributed by atoms with Crippen molar-refractivity contribution >= 4 is 5.91 Å². The summed E-state index contributed by atoms with van der Waals surface area (Å²) in [5, 5.41) is 14.6. The standard InChI is InChI=1S/C15H24N4O/c1-4-17-15(12(2)3)13-6-9-19(10-13)11-14(20)18-8-5-7-16/h6,9-10,12,15,17H,4-5,8,11H2,1-3H3,(H,18,20). The minimum atomic E-state index is -0.0630. The summed E-state index contributed by atoms with van der Waals surface area (Å²) in [6.07, 6.45) is 4.28. The fourth-order valence-corrected chi connectivity index (χ4v) is 2.18. The van der Waals surface area contributed by atoms with Crippen LogP contribution in [0.5, 0.6) is 0 Å². The van der Waals surface area contributed by atoms with Crippen molar-refractivity contribution in [1.29, 1.82) is 5.26 Å². The molecule has 5 heteroatoms. The van der Waals surface area contributed by atoms with Crippen molar-refractivity contribution in [3.63, 3.8) is 0 Å². The van der Waals surface area contributed by atoms with Crippen molar-refractivity contribution in [2.24, 2.45) is 5.92 Å². The average Bonchev–Trinajstić information content (AvgIpc) is 2.84. The second-order valence-corrected chi connectivity index (χ2v) is 5.15. The number of aromatic nitrogens is 1. The van der Waals surface area contributed by atoms with Gasteiger partial charge < -0.3 is 15.2 Å². The fourth-order valence-electron chi connectivity index (χ4n) is 2.18. The van der Waals surface area contributed by atoms with Crippen LogP contribution in [0.15, 0.2) is 18.5 Å². The van der Waals surface area contributed by atoms with Crippen LogP contribution in [-0.2, 0) is 11.3 Å². The summed E-state index contributed by atoms with van der Waals surface area (Å²) in [6.45, 7) is 8.08. The Kier molecular flexibility index (Phi) is 6.82. The fraction of sp³-hybridized carbons (Fsp3) is 0.600. The van der Waals surface area contributed by atoms with Gasteiger partial charge in [-0.05, 0) is 24.1 Å². The van der Waals surface area contributed by atoms with Gasteiger partial charge in [-0.3, -0.25) is 4.79 Å². The minimum absolute atomic E-state index is 0.0630. The number of amides is 1. The molecule has 2 N–H and O–H groups in total. The van der Waals surface area contributed by atoms with Crippen LogP contribution in [0.1, 0.15) is 38.8 Å². The second-order valence-electron chi connectivity index (χ2n) is 5.15. The molecule has 5 nitrogen and oxygen atoms in total. The highest BCUT2D eigenvalue weighted by Crippen LogP contribution is 2.21. The Balaban J connectivity index is 2.58. The first kappa shape index (κ1) is 16.3. The van der Waals surface area contributed by atoms with Crippen LogP contribution < -0.4 is 10.6 Å². The van der Waals surface area contributed by atoms with E-state index < -0.39 is 0 Å². The zero-order valence-electron chi connectivity index (χ0n) is 12.5. The third kappa shape index (κ3) is 5.06. The molecule has 110 valence electrons. The van der Waals surface area contributed by atoms with Crippen LogP contribution in [0, 0.1) is 17.2 Å². The van der Waals surface area contributed by atoms with E-state index in [1.807, 2.05) is 23.0 Å². The monoisotopic (exact) mass is 276 g/mol. The van der Waals surface area contributed by atoms with Crippen molar-refractivity contribution in [3.8, 4) is 6.07 Å². The first-order chi connectivity index (χ1) is 9.58. The summed E-state index contributed by atoms with van der Waals surface area (Å²) in [7, 11) is 0. The molecule has 1 unspecified atom stereocenters. The topological polar surface area (TPSA) is 69.8 Å². The van der Waals surface area contributed by atoms with E-state index in [1.165, 1.54) is 5.56 Å². The summed E-state index contributed by atoms with van der Waals surface area (Å²) < 4.78 is 1.88. The zero-order chi connectivity index (χ0) is 15.0. The van der Waals surface area contributed by atoms with Crippen molar-refractivity contribution in [1.82, 2.24) is 15.2 Å². The maximum absolute atomic E-state index is 11.7. The van der Waals surface area contributed by atoms with Gasteiger partial charge in [-0.15, -0.1) is 0 Å². The van der Waals surface area contributed by atoms with E-state index in [0.717, 1.165) is 6.54 Å². The van der Waals surface area contributed by atoms with Gasteiger partial charge in [-0.25, -0.2) is 0 Å². The number of rotatable bonds is 8. The molecule has 1 aromatic rings. The summed E-state index contributed by atoms with van der Waals surface area (Å²) in [6, 6.07) is 4.36. The van der Waals surface area contributed by atoms with Crippen LogP contribution in [0.3, 0.4) is 0 Å². The first-order valence-electron chi connectivity index (χ1n) is 7.11. The molecule has 1 atom stereocenters. The average molecular weight is 276 g/mol. The van der Waals surface area contributed by atoms with E-state index in [9.17, 15) is 4.79 Å². The third-order valence-corrected chi connectivity index (χ3v) is 3.11. The molecular formula is C15H24N4O. The second kappa shape index (κ2) is 8.39. The lowest BCUT2D eigenvalue weighted by molar-refractivity contribution is -0.121. The summed E-state index contributed by atoms with van der Waals surface area (Å²) in [4.78, 5) is 11.7. The number of nitriles is 1. The SMILES string of the molecule is CCNC(c1ccn(CC(=O)NCCC#N)c1)C(C)C. The number of nitrogens with zero attached hydrogens (tertiary/aromatic N) is 2. The molecular weight excluding hydrogens is 252 g/mol. The van der Waals surface area contributed by atoms with E-state index in [4.69, 9.17) is 5.26 Å². The van der Waals surface area contributed by atoms with Crippen LogP contribution in [0.2, 0.25) is 0 Å². The molecule has 1 amide bonds. The van der Waals surface area contributed by atoms with Crippen LogP contribution in [0.4, 0.5) is 0 Å². The highest BCUT2D eigenvalue weighted by molar-refractivity contribution is 5.75. The van der Waals surface area contributed by atoms with Gasteiger partial charge in [-0.1, -0.05) is 20.8 Å². The number of carbonyl (C=O) groups is 1. The molecule has 0 aromatic carbocycles. The molecule has 0 saturated carbocycles. The summed E-state index contributed by atoms with van der Waals surface area (Å²) in [5.74, 6) is 0.433. The Bertz CT molecular complexity index is 459. The molecule has 0 saturated heterocycles. The van der Waals surface area contributed by atoms with Gasteiger partial charge in [0.2, 0.25) is 5.91 Å². The van der Waals surface area contributed by atoms with Crippen LogP contribution in [-0.4, -0.2) is 23.6 Å². The lowest BCUT2D eigenvalue weighted by Crippen LogP contribution is -2.28. The molecule has 0 aliphatic rings. The van der Waals surface area contributed by atoms with Crippen molar-refractivity contribution in [2.45, 2.75) is 39.8 Å². The number of hydrogen-bond acceptors (Lipinski definition) is 3. The van der Waals surface area contributed by atoms with Gasteiger partial charge >= 0.3 is 0 Å². The molecule has 0 spiro atoms. The smallest absolute Gasteiger partial charge is 0.239 e. The van der Waals surface area contributed by atoms with Crippen LogP contribution in [0.25, 0.3) is 0 Å². The maximum Gasteiger partial charge on any atom is 0.239 e. The Morgan fingerprint density at radius 2 is 2.25 bits per heavy atom. The minimum Gasteiger partial charge on any atom is -0.354 e. The van der Waals surface area contributed by atoms with Gasteiger partial charge in [-0.2, -0.15) is 5.26 Å². The van der Waals surface area contributed by atoms with E-state index in [1.54, 1.807) is 0 Å². The number of hydrogen-bond donors (Lipinski definition) is 2. The van der Waals surface area contributed by atoms with E-state index >= 15 is 0 Å². The molecule has 0 bridgehead atoms. The molecule has 0 fully saturated rings. The first-order valence-corrected chi connectivity index (χ1v) is 7.11. The van der Waals surface area contributed by atoms with E-state index in [-0.39, 0.29) is 5.91 Å². The third-order valence-electron chi connectivity index (χ3n) is 3.11. The van der Waals surface area contributed by atoms with Gasteiger partial charge in [0.1, 0.15) is 6.54 Å². The van der Waals surface area contributed by atoms with Crippen molar-refractivity contribution in [3.05, 3.63) is 24.0 Å². The van der Waals surface area contributed by atoms with E-state index in [0.29, 0.717) is 31.5 Å². The van der Waals surface area contributed by atoms with Gasteiger partial charge in [0, 0.05) is 25.0 Å². The summed E-state index contributed by atoms with van der Waals surface area (Å²) in [5.41, 5.74) is 1.20. The number of carbonyl (C=O) groups excluding carboxylic acids is 1. The van der Waals surface area contributed by atoms with Crippen molar-refractivity contribution < 1.29 is 4.79 Å². The maximum atomic E-state index is 11.7. The van der Waals surface area contributed by atoms with Gasteiger partial charge in [0.25, 0.3) is 0 Å². The van der Waals surface area contributed by atoms with E-state index in [2.05, 4.69) is 37.5 Å². The Labute approximate surface area is 121 Å². The highest BCUT2D eigenvalue weighted by Gasteiger charge is 2.15. The number of nitrogens with one attached hydrogen (secondary N) is 2. The summed E-state index contributed by atoms with van der Waals surface area (Å²) >= 11 is 0.